The lowest BCUT2D eigenvalue weighted by atomic mass is 9.85. The molecule has 2 aromatic rings. The molecular formula is C20H18F5N5O2S. The molecular weight excluding hydrogens is 469 g/mol. The van der Waals surface area contributed by atoms with E-state index in [1.165, 1.54) is 12.1 Å². The summed E-state index contributed by atoms with van der Waals surface area (Å²) in [5, 5.41) is 2.70. The summed E-state index contributed by atoms with van der Waals surface area (Å²) in [5.41, 5.74) is 4.97. The molecule has 1 aliphatic heterocycles. The number of anilines is 1. The minimum Gasteiger partial charge on any atom is -0.467 e. The number of thioether (sulfide) groups is 1. The zero-order chi connectivity index (χ0) is 24.0. The summed E-state index contributed by atoms with van der Waals surface area (Å²) in [6, 6.07) is 3.88. The lowest BCUT2D eigenvalue weighted by molar-refractivity contribution is -0.154. The molecule has 1 aromatic carbocycles. The summed E-state index contributed by atoms with van der Waals surface area (Å²) < 4.78 is 68.8. The summed E-state index contributed by atoms with van der Waals surface area (Å²) in [4.78, 5) is 24.3. The summed E-state index contributed by atoms with van der Waals surface area (Å²) in [5.74, 6) is -1.96. The normalized spacial score (nSPS) is 26.2. The molecule has 13 heteroatoms. The molecule has 33 heavy (non-hydrogen) atoms. The molecule has 1 saturated carbocycles. The van der Waals surface area contributed by atoms with Crippen molar-refractivity contribution < 1.29 is 31.5 Å². The molecule has 4 rings (SSSR count). The third-order valence-electron chi connectivity index (χ3n) is 5.59. The maximum atomic E-state index is 14.8. The molecule has 2 aliphatic rings. The Balaban J connectivity index is 1.52. The van der Waals surface area contributed by atoms with E-state index in [4.69, 9.17) is 5.73 Å². The number of benzene rings is 1. The van der Waals surface area contributed by atoms with Gasteiger partial charge in [-0.25, -0.2) is 18.7 Å². The molecule has 0 spiro atoms. The number of rotatable bonds is 6. The standard InChI is InChI=1S/C20H18F5N5O2S/c1-18(14-5-19(14,8-21)33-17(26)30-18)11-4-10(2-3-12(11)22)29-16(31)13-6-28-15(7-27-13)32-9-20(23,24)25/h2-4,6-7,14H,5,8-9H2,1H3,(H2,26,30)(H,29,31)/t14-,18+,19+/m0/s1. The monoisotopic (exact) mass is 487 g/mol. The Morgan fingerprint density at radius 2 is 2.09 bits per heavy atom. The van der Waals surface area contributed by atoms with Crippen LogP contribution in [-0.4, -0.2) is 45.2 Å². The Bertz CT molecular complexity index is 1110. The van der Waals surface area contributed by atoms with E-state index in [1.54, 1.807) is 6.92 Å². The Morgan fingerprint density at radius 3 is 2.73 bits per heavy atom. The van der Waals surface area contributed by atoms with Crippen LogP contribution < -0.4 is 15.8 Å². The van der Waals surface area contributed by atoms with E-state index in [9.17, 15) is 26.7 Å². The van der Waals surface area contributed by atoms with Crippen molar-refractivity contribution in [1.82, 2.24) is 9.97 Å². The van der Waals surface area contributed by atoms with E-state index in [-0.39, 0.29) is 28.0 Å². The van der Waals surface area contributed by atoms with Crippen LogP contribution in [0, 0.1) is 11.7 Å². The molecule has 2 heterocycles. The van der Waals surface area contributed by atoms with Crippen LogP contribution in [0.1, 0.15) is 29.4 Å². The second-order valence-electron chi connectivity index (χ2n) is 7.95. The van der Waals surface area contributed by atoms with Crippen LogP contribution in [0.4, 0.5) is 27.6 Å². The number of hydrogen-bond acceptors (Lipinski definition) is 7. The number of nitrogens with zero attached hydrogens (tertiary/aromatic N) is 3. The number of carbonyl (C=O) groups is 1. The fourth-order valence-electron chi connectivity index (χ4n) is 3.92. The first-order valence-electron chi connectivity index (χ1n) is 9.69. The van der Waals surface area contributed by atoms with Gasteiger partial charge in [-0.3, -0.25) is 9.79 Å². The van der Waals surface area contributed by atoms with Crippen molar-refractivity contribution in [2.75, 3.05) is 18.6 Å². The minimum atomic E-state index is -4.54. The second-order valence-corrected chi connectivity index (χ2v) is 9.38. The van der Waals surface area contributed by atoms with Crippen molar-refractivity contribution in [2.24, 2.45) is 16.6 Å². The van der Waals surface area contributed by atoms with E-state index in [2.05, 4.69) is 25.0 Å². The molecule has 0 saturated heterocycles. The van der Waals surface area contributed by atoms with Gasteiger partial charge in [0.2, 0.25) is 5.88 Å². The van der Waals surface area contributed by atoms with Crippen molar-refractivity contribution in [3.05, 3.63) is 47.7 Å². The van der Waals surface area contributed by atoms with Gasteiger partial charge in [0.15, 0.2) is 11.8 Å². The van der Waals surface area contributed by atoms with Crippen LogP contribution in [0.3, 0.4) is 0 Å². The van der Waals surface area contributed by atoms with Crippen molar-refractivity contribution >= 4 is 28.5 Å². The first-order valence-corrected chi connectivity index (χ1v) is 10.5. The Hall–Kier alpha value is -2.96. The third kappa shape index (κ3) is 4.59. The van der Waals surface area contributed by atoms with Crippen molar-refractivity contribution in [3.8, 4) is 5.88 Å². The molecule has 7 nitrogen and oxygen atoms in total. The van der Waals surface area contributed by atoms with Crippen LogP contribution in [-0.2, 0) is 5.54 Å². The summed E-state index contributed by atoms with van der Waals surface area (Å²) in [7, 11) is 0. The van der Waals surface area contributed by atoms with Gasteiger partial charge in [0.05, 0.1) is 22.7 Å². The van der Waals surface area contributed by atoms with E-state index >= 15 is 0 Å². The molecule has 1 aromatic heterocycles. The number of alkyl halides is 4. The van der Waals surface area contributed by atoms with E-state index < -0.39 is 47.3 Å². The van der Waals surface area contributed by atoms with Crippen LogP contribution >= 0.6 is 11.8 Å². The van der Waals surface area contributed by atoms with E-state index in [1.807, 2.05) is 0 Å². The number of ether oxygens (including phenoxy) is 1. The Morgan fingerprint density at radius 1 is 1.33 bits per heavy atom. The molecule has 1 amide bonds. The predicted octanol–water partition coefficient (Wildman–Crippen LogP) is 3.81. The van der Waals surface area contributed by atoms with E-state index in [0.29, 0.717) is 6.42 Å². The maximum absolute atomic E-state index is 14.8. The SMILES string of the molecule is C[C@]1(c2cc(NC(=O)c3cnc(OCC(F)(F)F)cn3)ccc2F)N=C(N)S[C@@]2(CF)C[C@H]21. The quantitative estimate of drug-likeness (QED) is 0.601. The van der Waals surface area contributed by atoms with Crippen LogP contribution in [0.25, 0.3) is 0 Å². The second kappa shape index (κ2) is 8.12. The Kier molecular flexibility index (Phi) is 5.71. The van der Waals surface area contributed by atoms with Gasteiger partial charge in [-0.05, 0) is 31.5 Å². The van der Waals surface area contributed by atoms with Gasteiger partial charge in [-0.15, -0.1) is 0 Å². The first-order chi connectivity index (χ1) is 15.5. The zero-order valence-electron chi connectivity index (χ0n) is 17.1. The molecule has 1 fully saturated rings. The van der Waals surface area contributed by atoms with Crippen LogP contribution in [0.15, 0.2) is 35.6 Å². The largest absolute Gasteiger partial charge is 0.467 e. The van der Waals surface area contributed by atoms with Gasteiger partial charge < -0.3 is 15.8 Å². The molecule has 3 atom stereocenters. The third-order valence-corrected chi connectivity index (χ3v) is 6.86. The molecule has 0 radical (unpaired) electrons. The average Bonchev–Trinajstić information content (AvgIpc) is 3.49. The number of nitrogens with two attached hydrogens (primary N) is 1. The van der Waals surface area contributed by atoms with Crippen molar-refractivity contribution in [3.63, 3.8) is 0 Å². The zero-order valence-corrected chi connectivity index (χ0v) is 17.9. The highest BCUT2D eigenvalue weighted by atomic mass is 32.2. The number of hydrogen-bond donors (Lipinski definition) is 2. The average molecular weight is 487 g/mol. The topological polar surface area (TPSA) is 102 Å². The number of carbonyl (C=O) groups excluding carboxylic acids is 1. The highest BCUT2D eigenvalue weighted by Crippen LogP contribution is 2.66. The number of amidine groups is 1. The number of halogens is 5. The van der Waals surface area contributed by atoms with Gasteiger partial charge in [-0.1, -0.05) is 11.8 Å². The molecule has 176 valence electrons. The Labute approximate surface area is 189 Å². The smallest absolute Gasteiger partial charge is 0.422 e. The first kappa shape index (κ1) is 23.2. The van der Waals surface area contributed by atoms with Crippen molar-refractivity contribution in [1.29, 1.82) is 0 Å². The maximum Gasteiger partial charge on any atom is 0.422 e. The lowest BCUT2D eigenvalue weighted by Gasteiger charge is -2.33. The van der Waals surface area contributed by atoms with Gasteiger partial charge in [0.25, 0.3) is 5.91 Å². The van der Waals surface area contributed by atoms with E-state index in [0.717, 1.165) is 30.2 Å². The number of aliphatic imine (C=N–C) groups is 1. The highest BCUT2D eigenvalue weighted by Gasteiger charge is 2.66. The molecule has 0 unspecified atom stereocenters. The fraction of sp³-hybridized carbons (Fsp3) is 0.400. The molecule has 0 bridgehead atoms. The molecule has 3 N–H and O–H groups in total. The number of aromatic nitrogens is 2. The number of fused-ring (bicyclic) bond motifs is 1. The minimum absolute atomic E-state index is 0.158. The summed E-state index contributed by atoms with van der Waals surface area (Å²) >= 11 is 1.16. The van der Waals surface area contributed by atoms with Crippen LogP contribution in [0.5, 0.6) is 5.88 Å². The fourth-order valence-corrected chi connectivity index (χ4v) is 5.25. The van der Waals surface area contributed by atoms with Gasteiger partial charge in [0.1, 0.15) is 18.2 Å². The van der Waals surface area contributed by atoms with Crippen molar-refractivity contribution in [2.45, 2.75) is 29.8 Å². The van der Waals surface area contributed by atoms with Gasteiger partial charge >= 0.3 is 6.18 Å². The van der Waals surface area contributed by atoms with Gasteiger partial charge in [0, 0.05) is 17.2 Å². The summed E-state index contributed by atoms with van der Waals surface area (Å²) in [6.07, 6.45) is -2.21. The summed E-state index contributed by atoms with van der Waals surface area (Å²) in [6.45, 7) is -0.481. The molecule has 1 aliphatic carbocycles. The predicted molar refractivity (Wildman–Crippen MR) is 111 cm³/mol. The lowest BCUT2D eigenvalue weighted by Crippen LogP contribution is -2.36. The highest BCUT2D eigenvalue weighted by molar-refractivity contribution is 8.15. The number of amides is 1. The van der Waals surface area contributed by atoms with Gasteiger partial charge in [-0.2, -0.15) is 13.2 Å². The number of nitrogens with one attached hydrogen (secondary N) is 1. The van der Waals surface area contributed by atoms with Crippen LogP contribution in [0.2, 0.25) is 0 Å².